The van der Waals surface area contributed by atoms with Crippen LogP contribution in [0.3, 0.4) is 0 Å². The number of carbonyl (C=O) groups excluding carboxylic acids is 1. The highest BCUT2D eigenvalue weighted by Crippen LogP contribution is 2.44. The SMILES string of the molecule is CC1(C(=O)NCC2CCCO2)CC1. The molecule has 0 aromatic heterocycles. The second kappa shape index (κ2) is 3.29. The molecular formula is C10H17NO2. The third kappa shape index (κ3) is 2.02. The van der Waals surface area contributed by atoms with Crippen LogP contribution in [0, 0.1) is 5.41 Å². The van der Waals surface area contributed by atoms with E-state index in [2.05, 4.69) is 5.32 Å². The van der Waals surface area contributed by atoms with Crippen LogP contribution in [-0.4, -0.2) is 25.2 Å². The maximum atomic E-state index is 11.5. The van der Waals surface area contributed by atoms with E-state index in [9.17, 15) is 4.79 Å². The Morgan fingerprint density at radius 2 is 2.38 bits per heavy atom. The van der Waals surface area contributed by atoms with Crippen LogP contribution in [0.25, 0.3) is 0 Å². The Morgan fingerprint density at radius 1 is 1.62 bits per heavy atom. The van der Waals surface area contributed by atoms with Gasteiger partial charge in [-0.2, -0.15) is 0 Å². The van der Waals surface area contributed by atoms with Gasteiger partial charge in [0, 0.05) is 18.6 Å². The van der Waals surface area contributed by atoms with Gasteiger partial charge in [0.25, 0.3) is 0 Å². The third-order valence-electron chi connectivity index (χ3n) is 3.06. The zero-order valence-electron chi connectivity index (χ0n) is 8.14. The molecule has 2 rings (SSSR count). The minimum atomic E-state index is -0.0431. The summed E-state index contributed by atoms with van der Waals surface area (Å²) in [6.07, 6.45) is 4.59. The number of carbonyl (C=O) groups is 1. The zero-order valence-corrected chi connectivity index (χ0v) is 8.14. The normalized spacial score (nSPS) is 30.1. The Kier molecular flexibility index (Phi) is 2.28. The maximum Gasteiger partial charge on any atom is 0.226 e. The lowest BCUT2D eigenvalue weighted by Gasteiger charge is -2.13. The summed E-state index contributed by atoms with van der Waals surface area (Å²) in [5.74, 6) is 0.211. The molecule has 1 saturated heterocycles. The van der Waals surface area contributed by atoms with Crippen molar-refractivity contribution in [1.82, 2.24) is 5.32 Å². The van der Waals surface area contributed by atoms with Crippen molar-refractivity contribution in [1.29, 1.82) is 0 Å². The molecule has 0 aromatic carbocycles. The van der Waals surface area contributed by atoms with E-state index in [-0.39, 0.29) is 17.4 Å². The van der Waals surface area contributed by atoms with Crippen LogP contribution in [0.1, 0.15) is 32.6 Å². The Bertz CT molecular complexity index is 205. The maximum absolute atomic E-state index is 11.5. The molecule has 1 amide bonds. The summed E-state index contributed by atoms with van der Waals surface area (Å²) in [6.45, 7) is 3.59. The lowest BCUT2D eigenvalue weighted by molar-refractivity contribution is -0.126. The van der Waals surface area contributed by atoms with Gasteiger partial charge in [0.1, 0.15) is 0 Å². The molecule has 3 nitrogen and oxygen atoms in total. The molecule has 74 valence electrons. The Balaban J connectivity index is 1.69. The number of rotatable bonds is 3. The van der Waals surface area contributed by atoms with Gasteiger partial charge in [-0.25, -0.2) is 0 Å². The molecule has 1 saturated carbocycles. The van der Waals surface area contributed by atoms with E-state index < -0.39 is 0 Å². The molecule has 1 unspecified atom stereocenters. The van der Waals surface area contributed by atoms with Crippen molar-refractivity contribution in [2.75, 3.05) is 13.2 Å². The van der Waals surface area contributed by atoms with Crippen molar-refractivity contribution in [2.45, 2.75) is 38.7 Å². The zero-order chi connectivity index (χ0) is 9.31. The molecule has 0 spiro atoms. The fourth-order valence-electron chi connectivity index (χ4n) is 1.64. The highest BCUT2D eigenvalue weighted by atomic mass is 16.5. The average Bonchev–Trinajstić information content (AvgIpc) is 2.70. The van der Waals surface area contributed by atoms with Gasteiger partial charge < -0.3 is 10.1 Å². The van der Waals surface area contributed by atoms with Crippen LogP contribution < -0.4 is 5.32 Å². The van der Waals surface area contributed by atoms with E-state index in [0.29, 0.717) is 6.54 Å². The van der Waals surface area contributed by atoms with Crippen LogP contribution >= 0.6 is 0 Å². The molecule has 1 N–H and O–H groups in total. The van der Waals surface area contributed by atoms with Crippen molar-refractivity contribution in [2.24, 2.45) is 5.41 Å². The van der Waals surface area contributed by atoms with Crippen LogP contribution in [0.4, 0.5) is 0 Å². The van der Waals surface area contributed by atoms with E-state index in [1.54, 1.807) is 0 Å². The second-order valence-electron chi connectivity index (χ2n) is 4.41. The summed E-state index contributed by atoms with van der Waals surface area (Å²) in [5, 5.41) is 2.96. The molecule has 13 heavy (non-hydrogen) atoms. The first kappa shape index (κ1) is 9.00. The van der Waals surface area contributed by atoms with E-state index in [1.807, 2.05) is 6.92 Å². The van der Waals surface area contributed by atoms with Crippen LogP contribution in [0.15, 0.2) is 0 Å². The van der Waals surface area contributed by atoms with Crippen molar-refractivity contribution in [3.8, 4) is 0 Å². The van der Waals surface area contributed by atoms with Crippen molar-refractivity contribution < 1.29 is 9.53 Å². The molecule has 2 fully saturated rings. The summed E-state index contributed by atoms with van der Waals surface area (Å²) in [7, 11) is 0. The number of ether oxygens (including phenoxy) is 1. The predicted octanol–water partition coefficient (Wildman–Crippen LogP) is 1.08. The van der Waals surface area contributed by atoms with Gasteiger partial charge in [-0.05, 0) is 25.7 Å². The van der Waals surface area contributed by atoms with Gasteiger partial charge in [0.15, 0.2) is 0 Å². The van der Waals surface area contributed by atoms with E-state index in [0.717, 1.165) is 32.3 Å². The molecular weight excluding hydrogens is 166 g/mol. The standard InChI is InChI=1S/C10H17NO2/c1-10(4-5-10)9(12)11-7-8-3-2-6-13-8/h8H,2-7H2,1H3,(H,11,12). The first-order chi connectivity index (χ1) is 6.21. The molecule has 1 aliphatic carbocycles. The summed E-state index contributed by atoms with van der Waals surface area (Å²) >= 11 is 0. The Labute approximate surface area is 78.8 Å². The quantitative estimate of drug-likeness (QED) is 0.711. The predicted molar refractivity (Wildman–Crippen MR) is 49.3 cm³/mol. The van der Waals surface area contributed by atoms with Crippen molar-refractivity contribution >= 4 is 5.91 Å². The topological polar surface area (TPSA) is 38.3 Å². The second-order valence-corrected chi connectivity index (χ2v) is 4.41. The molecule has 2 aliphatic rings. The molecule has 0 radical (unpaired) electrons. The number of hydrogen-bond donors (Lipinski definition) is 1. The summed E-state index contributed by atoms with van der Waals surface area (Å²) in [5.41, 5.74) is -0.0431. The summed E-state index contributed by atoms with van der Waals surface area (Å²) in [6, 6.07) is 0. The Morgan fingerprint density at radius 3 is 2.92 bits per heavy atom. The van der Waals surface area contributed by atoms with Gasteiger partial charge >= 0.3 is 0 Å². The van der Waals surface area contributed by atoms with E-state index in [1.165, 1.54) is 0 Å². The first-order valence-corrected chi connectivity index (χ1v) is 5.11. The first-order valence-electron chi connectivity index (χ1n) is 5.11. The monoisotopic (exact) mass is 183 g/mol. The molecule has 0 bridgehead atoms. The van der Waals surface area contributed by atoms with Crippen LogP contribution in [-0.2, 0) is 9.53 Å². The lowest BCUT2D eigenvalue weighted by atomic mass is 10.1. The summed E-state index contributed by atoms with van der Waals surface area (Å²) < 4.78 is 5.42. The number of hydrogen-bond acceptors (Lipinski definition) is 2. The van der Waals surface area contributed by atoms with Crippen LogP contribution in [0.2, 0.25) is 0 Å². The highest BCUT2D eigenvalue weighted by Gasteiger charge is 2.44. The van der Waals surface area contributed by atoms with Crippen molar-refractivity contribution in [3.63, 3.8) is 0 Å². The highest BCUT2D eigenvalue weighted by molar-refractivity contribution is 5.84. The van der Waals surface area contributed by atoms with E-state index in [4.69, 9.17) is 4.74 Å². The largest absolute Gasteiger partial charge is 0.376 e. The molecule has 3 heteroatoms. The van der Waals surface area contributed by atoms with Gasteiger partial charge in [-0.1, -0.05) is 6.92 Å². The molecule has 1 aliphatic heterocycles. The minimum absolute atomic E-state index is 0.0431. The fourth-order valence-corrected chi connectivity index (χ4v) is 1.64. The molecule has 1 atom stereocenters. The number of nitrogens with one attached hydrogen (secondary N) is 1. The van der Waals surface area contributed by atoms with E-state index >= 15 is 0 Å². The smallest absolute Gasteiger partial charge is 0.226 e. The third-order valence-corrected chi connectivity index (χ3v) is 3.06. The Hall–Kier alpha value is -0.570. The molecule has 0 aromatic rings. The average molecular weight is 183 g/mol. The van der Waals surface area contributed by atoms with Crippen LogP contribution in [0.5, 0.6) is 0 Å². The van der Waals surface area contributed by atoms with Gasteiger partial charge in [-0.15, -0.1) is 0 Å². The van der Waals surface area contributed by atoms with Gasteiger partial charge in [-0.3, -0.25) is 4.79 Å². The number of amides is 1. The molecule has 1 heterocycles. The van der Waals surface area contributed by atoms with Gasteiger partial charge in [0.2, 0.25) is 5.91 Å². The fraction of sp³-hybridized carbons (Fsp3) is 0.900. The van der Waals surface area contributed by atoms with Gasteiger partial charge in [0.05, 0.1) is 6.10 Å². The minimum Gasteiger partial charge on any atom is -0.376 e. The lowest BCUT2D eigenvalue weighted by Crippen LogP contribution is -2.36. The van der Waals surface area contributed by atoms with Crippen molar-refractivity contribution in [3.05, 3.63) is 0 Å². The summed E-state index contributed by atoms with van der Waals surface area (Å²) in [4.78, 5) is 11.5.